The third-order valence-corrected chi connectivity index (χ3v) is 3.76. The third-order valence-electron chi connectivity index (χ3n) is 3.76. The van der Waals surface area contributed by atoms with E-state index < -0.39 is 0 Å². The summed E-state index contributed by atoms with van der Waals surface area (Å²) in [4.78, 5) is 0. The maximum absolute atomic E-state index is 9.20. The van der Waals surface area contributed by atoms with Crippen LogP contribution >= 0.6 is 0 Å². The maximum Gasteiger partial charge on any atom is 2.00 e. The smallest absolute Gasteiger partial charge is 1.00 e. The molecule has 112 valence electrons. The summed E-state index contributed by atoms with van der Waals surface area (Å²) in [5.41, 5.74) is 1.34. The first-order valence-electron chi connectivity index (χ1n) is 8.11. The van der Waals surface area contributed by atoms with Gasteiger partial charge in [-0.3, -0.25) is 0 Å². The van der Waals surface area contributed by atoms with E-state index in [0.29, 0.717) is 5.75 Å². The van der Waals surface area contributed by atoms with Crippen LogP contribution in [0.25, 0.3) is 0 Å². The van der Waals surface area contributed by atoms with Crippen LogP contribution in [0.5, 0.6) is 5.75 Å². The minimum Gasteiger partial charge on any atom is -1.00 e. The Hall–Kier alpha value is 0.280. The van der Waals surface area contributed by atoms with Gasteiger partial charge in [-0.05, 0) is 30.5 Å². The SMILES string of the molecule is CCCCCCCCCCCCc1ccc(O)cc1.[Ca+2].[H-].[H-]. The van der Waals surface area contributed by atoms with Gasteiger partial charge in [0.25, 0.3) is 0 Å². The number of hydrogen-bond acceptors (Lipinski definition) is 1. The van der Waals surface area contributed by atoms with Gasteiger partial charge in [-0.15, -0.1) is 0 Å². The molecule has 0 bridgehead atoms. The molecule has 0 fully saturated rings. The average Bonchev–Trinajstić information content (AvgIpc) is 2.43. The van der Waals surface area contributed by atoms with E-state index in [-0.39, 0.29) is 40.6 Å². The molecule has 1 aromatic rings. The van der Waals surface area contributed by atoms with Crippen LogP contribution in [0.4, 0.5) is 0 Å². The van der Waals surface area contributed by atoms with Crippen molar-refractivity contribution < 1.29 is 7.96 Å². The molecule has 1 N–H and O–H groups in total. The van der Waals surface area contributed by atoms with E-state index in [2.05, 4.69) is 6.92 Å². The fourth-order valence-corrected chi connectivity index (χ4v) is 2.48. The molecular weight excluding hydrogens is 272 g/mol. The molecule has 0 aliphatic carbocycles. The minimum atomic E-state index is 0. The zero-order valence-corrected chi connectivity index (χ0v) is 15.5. The standard InChI is InChI=1S/C18H30O.Ca.2H/c1-2-3-4-5-6-7-8-9-10-11-12-17-13-15-18(19)16-14-17;;;/h13-16,19H,2-12H2,1H3;;;/q;+2;2*-1. The number of rotatable bonds is 11. The van der Waals surface area contributed by atoms with E-state index in [1.807, 2.05) is 12.1 Å². The van der Waals surface area contributed by atoms with Crippen molar-refractivity contribution >= 4 is 37.7 Å². The first-order chi connectivity index (χ1) is 9.33. The topological polar surface area (TPSA) is 20.2 Å². The molecule has 0 aliphatic heterocycles. The van der Waals surface area contributed by atoms with Crippen LogP contribution in [0, 0.1) is 0 Å². The van der Waals surface area contributed by atoms with Gasteiger partial charge in [0.05, 0.1) is 0 Å². The molecule has 0 aliphatic rings. The normalized spacial score (nSPS) is 10.2. The summed E-state index contributed by atoms with van der Waals surface area (Å²) in [5.74, 6) is 0.367. The van der Waals surface area contributed by atoms with Crippen molar-refractivity contribution in [1.29, 1.82) is 0 Å². The van der Waals surface area contributed by atoms with Crippen LogP contribution in [-0.4, -0.2) is 42.8 Å². The molecule has 20 heavy (non-hydrogen) atoms. The van der Waals surface area contributed by atoms with Crippen LogP contribution in [0.2, 0.25) is 0 Å². The minimum absolute atomic E-state index is 0. The van der Waals surface area contributed by atoms with E-state index in [1.165, 1.54) is 69.8 Å². The van der Waals surface area contributed by atoms with Crippen LogP contribution in [0.3, 0.4) is 0 Å². The first-order valence-corrected chi connectivity index (χ1v) is 8.11. The molecule has 0 radical (unpaired) electrons. The Labute approximate surface area is 158 Å². The summed E-state index contributed by atoms with van der Waals surface area (Å²) in [6, 6.07) is 7.63. The Morgan fingerprint density at radius 3 is 1.70 bits per heavy atom. The van der Waals surface area contributed by atoms with E-state index in [1.54, 1.807) is 12.1 Å². The third kappa shape index (κ3) is 11.0. The van der Waals surface area contributed by atoms with E-state index in [9.17, 15) is 5.11 Å². The van der Waals surface area contributed by atoms with Gasteiger partial charge in [0.15, 0.2) is 0 Å². The zero-order valence-electron chi connectivity index (χ0n) is 15.2. The Kier molecular flexibility index (Phi) is 14.4. The number of hydrogen-bond donors (Lipinski definition) is 1. The van der Waals surface area contributed by atoms with Crippen LogP contribution in [0.1, 0.15) is 79.5 Å². The second-order valence-electron chi connectivity index (χ2n) is 5.60. The van der Waals surface area contributed by atoms with Gasteiger partial charge in [0.1, 0.15) is 5.75 Å². The van der Waals surface area contributed by atoms with Crippen LogP contribution < -0.4 is 0 Å². The van der Waals surface area contributed by atoms with Gasteiger partial charge in [0.2, 0.25) is 0 Å². The Bertz CT molecular complexity index is 317. The predicted molar refractivity (Wildman–Crippen MR) is 91.6 cm³/mol. The summed E-state index contributed by atoms with van der Waals surface area (Å²) < 4.78 is 0. The number of aryl methyl sites for hydroxylation is 1. The second kappa shape index (κ2) is 14.2. The molecule has 0 atom stereocenters. The summed E-state index contributed by atoms with van der Waals surface area (Å²) in [6.45, 7) is 2.27. The van der Waals surface area contributed by atoms with Gasteiger partial charge in [-0.1, -0.05) is 76.8 Å². The Balaban J connectivity index is -0.00000120. The van der Waals surface area contributed by atoms with Gasteiger partial charge in [0, 0.05) is 0 Å². The molecule has 1 nitrogen and oxygen atoms in total. The van der Waals surface area contributed by atoms with Gasteiger partial charge >= 0.3 is 37.7 Å². The van der Waals surface area contributed by atoms with Crippen LogP contribution in [-0.2, 0) is 6.42 Å². The molecule has 0 unspecified atom stereocenters. The molecular formula is C18H32CaO. The predicted octanol–water partition coefficient (Wildman–Crippen LogP) is 5.70. The molecule has 0 aromatic heterocycles. The molecule has 0 spiro atoms. The summed E-state index contributed by atoms with van der Waals surface area (Å²) in [7, 11) is 0. The summed E-state index contributed by atoms with van der Waals surface area (Å²) in [5, 5.41) is 9.20. The molecule has 0 amide bonds. The monoisotopic (exact) mass is 304 g/mol. The summed E-state index contributed by atoms with van der Waals surface area (Å²) in [6.07, 6.45) is 15.0. The van der Waals surface area contributed by atoms with Crippen molar-refractivity contribution in [3.63, 3.8) is 0 Å². The van der Waals surface area contributed by atoms with E-state index in [0.717, 1.165) is 6.42 Å². The number of phenolic OH excluding ortho intramolecular Hbond substituents is 1. The largest absolute Gasteiger partial charge is 2.00 e. The number of benzene rings is 1. The molecule has 0 heterocycles. The molecule has 2 heteroatoms. The first kappa shape index (κ1) is 20.3. The van der Waals surface area contributed by atoms with Crippen molar-refractivity contribution in [1.82, 2.24) is 0 Å². The maximum atomic E-state index is 9.20. The molecule has 0 saturated carbocycles. The van der Waals surface area contributed by atoms with Gasteiger partial charge < -0.3 is 7.96 Å². The van der Waals surface area contributed by atoms with E-state index >= 15 is 0 Å². The van der Waals surface area contributed by atoms with Crippen molar-refractivity contribution in [2.45, 2.75) is 77.6 Å². The van der Waals surface area contributed by atoms with Crippen molar-refractivity contribution in [2.75, 3.05) is 0 Å². The van der Waals surface area contributed by atoms with Gasteiger partial charge in [-0.2, -0.15) is 0 Å². The molecule has 1 aromatic carbocycles. The molecule has 0 saturated heterocycles. The Morgan fingerprint density at radius 2 is 1.20 bits per heavy atom. The second-order valence-corrected chi connectivity index (χ2v) is 5.60. The Morgan fingerprint density at radius 1 is 0.750 bits per heavy atom. The molecule has 1 rings (SSSR count). The number of unbranched alkanes of at least 4 members (excludes halogenated alkanes) is 9. The number of phenols is 1. The van der Waals surface area contributed by atoms with E-state index in [4.69, 9.17) is 0 Å². The van der Waals surface area contributed by atoms with Crippen molar-refractivity contribution in [3.8, 4) is 5.75 Å². The van der Waals surface area contributed by atoms with Crippen molar-refractivity contribution in [2.24, 2.45) is 0 Å². The number of aromatic hydroxyl groups is 1. The average molecular weight is 305 g/mol. The quantitative estimate of drug-likeness (QED) is 0.411. The summed E-state index contributed by atoms with van der Waals surface area (Å²) >= 11 is 0. The fourth-order valence-electron chi connectivity index (χ4n) is 2.48. The van der Waals surface area contributed by atoms with Crippen molar-refractivity contribution in [3.05, 3.63) is 29.8 Å². The fraction of sp³-hybridized carbons (Fsp3) is 0.667. The van der Waals surface area contributed by atoms with Crippen LogP contribution in [0.15, 0.2) is 24.3 Å². The van der Waals surface area contributed by atoms with Gasteiger partial charge in [-0.25, -0.2) is 0 Å². The zero-order chi connectivity index (χ0) is 13.8.